The van der Waals surface area contributed by atoms with Gasteiger partial charge in [0.1, 0.15) is 0 Å². The van der Waals surface area contributed by atoms with Gasteiger partial charge in [0.25, 0.3) is 0 Å². The van der Waals surface area contributed by atoms with E-state index in [0.29, 0.717) is 31.6 Å². The maximum atomic E-state index is 12.8. The molecule has 0 radical (unpaired) electrons. The molecule has 3 rings (SSSR count). The summed E-state index contributed by atoms with van der Waals surface area (Å²) in [4.78, 5) is 25.8. The standard InChI is InChI=1S/C22H22F3N3O2/c23-22(24,25)17-5-3-4-15(14-17)8-9-20(29)27-18-6-1-2-7-19(18)28-12-10-16(11-13-28)21(26)30/h1-9,14,16H,10-13H2,(H2,26,30)(H,27,29)/b9-8+. The number of carbonyl (C=O) groups is 2. The summed E-state index contributed by atoms with van der Waals surface area (Å²) in [5, 5.41) is 2.78. The molecule has 5 nitrogen and oxygen atoms in total. The molecule has 0 unspecified atom stereocenters. The van der Waals surface area contributed by atoms with Crippen LogP contribution in [0.15, 0.2) is 54.6 Å². The van der Waals surface area contributed by atoms with Crippen LogP contribution in [-0.4, -0.2) is 24.9 Å². The Morgan fingerprint density at radius 1 is 1.07 bits per heavy atom. The van der Waals surface area contributed by atoms with E-state index < -0.39 is 17.6 Å². The second kappa shape index (κ2) is 9.02. The highest BCUT2D eigenvalue weighted by atomic mass is 19.4. The zero-order valence-corrected chi connectivity index (χ0v) is 16.2. The third kappa shape index (κ3) is 5.40. The number of para-hydroxylation sites is 2. The van der Waals surface area contributed by atoms with Crippen LogP contribution in [0.25, 0.3) is 6.08 Å². The number of alkyl halides is 3. The highest BCUT2D eigenvalue weighted by Gasteiger charge is 2.30. The largest absolute Gasteiger partial charge is 0.416 e. The van der Waals surface area contributed by atoms with Gasteiger partial charge >= 0.3 is 6.18 Å². The lowest BCUT2D eigenvalue weighted by molar-refractivity contribution is -0.137. The Labute approximate surface area is 172 Å². The zero-order valence-electron chi connectivity index (χ0n) is 16.2. The number of piperidine rings is 1. The molecule has 0 saturated carbocycles. The maximum Gasteiger partial charge on any atom is 0.416 e. The van der Waals surface area contributed by atoms with Crippen LogP contribution >= 0.6 is 0 Å². The molecule has 2 amide bonds. The molecular formula is C22H22F3N3O2. The molecule has 8 heteroatoms. The molecule has 0 aromatic heterocycles. The number of nitrogens with one attached hydrogen (secondary N) is 1. The first-order chi connectivity index (χ1) is 14.2. The van der Waals surface area contributed by atoms with E-state index in [0.717, 1.165) is 17.8 Å². The smallest absolute Gasteiger partial charge is 0.370 e. The van der Waals surface area contributed by atoms with Gasteiger partial charge in [0.05, 0.1) is 16.9 Å². The van der Waals surface area contributed by atoms with Gasteiger partial charge in [0.2, 0.25) is 11.8 Å². The lowest BCUT2D eigenvalue weighted by Crippen LogP contribution is -2.38. The molecule has 1 aliphatic heterocycles. The van der Waals surface area contributed by atoms with Crippen molar-refractivity contribution in [2.24, 2.45) is 11.7 Å². The van der Waals surface area contributed by atoms with Crippen molar-refractivity contribution in [3.63, 3.8) is 0 Å². The Balaban J connectivity index is 1.68. The molecule has 1 heterocycles. The third-order valence-electron chi connectivity index (χ3n) is 5.04. The number of amides is 2. The Morgan fingerprint density at radius 2 is 1.77 bits per heavy atom. The average Bonchev–Trinajstić information content (AvgIpc) is 2.72. The van der Waals surface area contributed by atoms with Gasteiger partial charge in [0.15, 0.2) is 0 Å². The van der Waals surface area contributed by atoms with E-state index in [-0.39, 0.29) is 17.4 Å². The van der Waals surface area contributed by atoms with Crippen LogP contribution in [0.5, 0.6) is 0 Å². The lowest BCUT2D eigenvalue weighted by Gasteiger charge is -2.33. The number of benzene rings is 2. The Bertz CT molecular complexity index is 949. The number of hydrogen-bond acceptors (Lipinski definition) is 3. The first-order valence-corrected chi connectivity index (χ1v) is 9.53. The van der Waals surface area contributed by atoms with Crippen molar-refractivity contribution in [2.45, 2.75) is 19.0 Å². The first kappa shape index (κ1) is 21.4. The number of halogens is 3. The minimum absolute atomic E-state index is 0.140. The van der Waals surface area contributed by atoms with Crippen molar-refractivity contribution in [1.82, 2.24) is 0 Å². The Hall–Kier alpha value is -3.29. The van der Waals surface area contributed by atoms with Gasteiger partial charge in [-0.05, 0) is 48.7 Å². The van der Waals surface area contributed by atoms with Crippen molar-refractivity contribution in [1.29, 1.82) is 0 Å². The number of carbonyl (C=O) groups excluding carboxylic acids is 2. The minimum atomic E-state index is -4.44. The van der Waals surface area contributed by atoms with Crippen LogP contribution < -0.4 is 16.0 Å². The summed E-state index contributed by atoms with van der Waals surface area (Å²) in [6.07, 6.45) is -0.607. The minimum Gasteiger partial charge on any atom is -0.370 e. The molecule has 1 fully saturated rings. The summed E-state index contributed by atoms with van der Waals surface area (Å²) in [7, 11) is 0. The van der Waals surface area contributed by atoms with Crippen molar-refractivity contribution in [2.75, 3.05) is 23.3 Å². The van der Waals surface area contributed by atoms with E-state index in [9.17, 15) is 22.8 Å². The van der Waals surface area contributed by atoms with Crippen LogP contribution in [0.4, 0.5) is 24.5 Å². The van der Waals surface area contributed by atoms with E-state index >= 15 is 0 Å². The van der Waals surface area contributed by atoms with Gasteiger partial charge < -0.3 is 16.0 Å². The zero-order chi connectivity index (χ0) is 21.7. The highest BCUT2D eigenvalue weighted by molar-refractivity contribution is 6.03. The summed E-state index contributed by atoms with van der Waals surface area (Å²) in [5.41, 5.74) is 6.30. The molecule has 30 heavy (non-hydrogen) atoms. The monoisotopic (exact) mass is 417 g/mol. The Kier molecular flexibility index (Phi) is 6.44. The highest BCUT2D eigenvalue weighted by Crippen LogP contribution is 2.31. The van der Waals surface area contributed by atoms with Gasteiger partial charge in [-0.1, -0.05) is 24.3 Å². The molecular weight excluding hydrogens is 395 g/mol. The van der Waals surface area contributed by atoms with Crippen molar-refractivity contribution in [3.05, 3.63) is 65.7 Å². The topological polar surface area (TPSA) is 75.4 Å². The molecule has 0 atom stereocenters. The molecule has 2 aromatic carbocycles. The van der Waals surface area contributed by atoms with Gasteiger partial charge in [0, 0.05) is 25.1 Å². The number of hydrogen-bond donors (Lipinski definition) is 2. The van der Waals surface area contributed by atoms with Crippen LogP contribution in [-0.2, 0) is 15.8 Å². The van der Waals surface area contributed by atoms with Crippen LogP contribution in [0.2, 0.25) is 0 Å². The fourth-order valence-corrected chi connectivity index (χ4v) is 3.42. The van der Waals surface area contributed by atoms with Gasteiger partial charge in [-0.25, -0.2) is 0 Å². The number of anilines is 2. The normalized spacial score (nSPS) is 15.4. The van der Waals surface area contributed by atoms with E-state index in [1.165, 1.54) is 24.3 Å². The summed E-state index contributed by atoms with van der Waals surface area (Å²) in [6.45, 7) is 1.28. The van der Waals surface area contributed by atoms with Crippen LogP contribution in [0, 0.1) is 5.92 Å². The summed E-state index contributed by atoms with van der Waals surface area (Å²) >= 11 is 0. The van der Waals surface area contributed by atoms with Gasteiger partial charge in [-0.15, -0.1) is 0 Å². The van der Waals surface area contributed by atoms with E-state index in [2.05, 4.69) is 10.2 Å². The average molecular weight is 417 g/mol. The second-order valence-corrected chi connectivity index (χ2v) is 7.13. The summed E-state index contributed by atoms with van der Waals surface area (Å²) in [5.74, 6) is -0.888. The molecule has 0 aliphatic carbocycles. The van der Waals surface area contributed by atoms with Crippen LogP contribution in [0.3, 0.4) is 0 Å². The van der Waals surface area contributed by atoms with Crippen molar-refractivity contribution >= 4 is 29.3 Å². The Morgan fingerprint density at radius 3 is 2.43 bits per heavy atom. The molecule has 158 valence electrons. The fourth-order valence-electron chi connectivity index (χ4n) is 3.42. The molecule has 0 bridgehead atoms. The first-order valence-electron chi connectivity index (χ1n) is 9.53. The molecule has 2 aromatic rings. The quantitative estimate of drug-likeness (QED) is 0.721. The molecule has 3 N–H and O–H groups in total. The number of primary amides is 1. The SMILES string of the molecule is NC(=O)C1CCN(c2ccccc2NC(=O)/C=C/c2cccc(C(F)(F)F)c2)CC1. The van der Waals surface area contributed by atoms with Crippen LogP contribution in [0.1, 0.15) is 24.0 Å². The lowest BCUT2D eigenvalue weighted by atomic mass is 9.96. The summed E-state index contributed by atoms with van der Waals surface area (Å²) in [6, 6.07) is 12.0. The van der Waals surface area contributed by atoms with Crippen molar-refractivity contribution in [3.8, 4) is 0 Å². The van der Waals surface area contributed by atoms with Crippen molar-refractivity contribution < 1.29 is 22.8 Å². The maximum absolute atomic E-state index is 12.8. The molecule has 1 aliphatic rings. The number of rotatable bonds is 5. The van der Waals surface area contributed by atoms with E-state index in [4.69, 9.17) is 5.73 Å². The predicted molar refractivity (Wildman–Crippen MR) is 110 cm³/mol. The number of nitrogens with zero attached hydrogens (tertiary/aromatic N) is 1. The van der Waals surface area contributed by atoms with E-state index in [1.807, 2.05) is 12.1 Å². The third-order valence-corrected chi connectivity index (χ3v) is 5.04. The predicted octanol–water partition coefficient (Wildman–Crippen LogP) is 4.06. The molecule has 0 spiro atoms. The van der Waals surface area contributed by atoms with Gasteiger partial charge in [-0.2, -0.15) is 13.2 Å². The summed E-state index contributed by atoms with van der Waals surface area (Å²) < 4.78 is 38.4. The number of nitrogens with two attached hydrogens (primary N) is 1. The van der Waals surface area contributed by atoms with Gasteiger partial charge in [-0.3, -0.25) is 9.59 Å². The molecule has 1 saturated heterocycles. The van der Waals surface area contributed by atoms with E-state index in [1.54, 1.807) is 12.1 Å². The second-order valence-electron chi connectivity index (χ2n) is 7.13. The fraction of sp³-hybridized carbons (Fsp3) is 0.273.